The van der Waals surface area contributed by atoms with Gasteiger partial charge in [-0.2, -0.15) is 0 Å². The standard InChI is InChI=1S/C15H12BrClN2O/c1-9(13-6-7-14(16)20-13)19-12-5-4-11(17)10-3-2-8-18-15(10)12/h2-9,19H,1H3. The maximum atomic E-state index is 6.19. The van der Waals surface area contributed by atoms with Crippen molar-refractivity contribution in [3.8, 4) is 0 Å². The van der Waals surface area contributed by atoms with Crippen LogP contribution in [0.3, 0.4) is 0 Å². The highest BCUT2D eigenvalue weighted by Crippen LogP contribution is 2.31. The Labute approximate surface area is 130 Å². The van der Waals surface area contributed by atoms with Crippen molar-refractivity contribution in [1.82, 2.24) is 4.98 Å². The second-order valence-corrected chi connectivity index (χ2v) is 5.69. The molecule has 3 aromatic rings. The number of halogens is 2. The van der Waals surface area contributed by atoms with Gasteiger partial charge in [-0.25, -0.2) is 0 Å². The highest BCUT2D eigenvalue weighted by atomic mass is 79.9. The molecule has 20 heavy (non-hydrogen) atoms. The molecule has 5 heteroatoms. The largest absolute Gasteiger partial charge is 0.452 e. The van der Waals surface area contributed by atoms with E-state index in [0.717, 1.165) is 27.0 Å². The van der Waals surface area contributed by atoms with Crippen molar-refractivity contribution in [2.75, 3.05) is 5.32 Å². The van der Waals surface area contributed by atoms with Gasteiger partial charge in [0.15, 0.2) is 4.67 Å². The number of nitrogens with zero attached hydrogens (tertiary/aromatic N) is 1. The highest BCUT2D eigenvalue weighted by Gasteiger charge is 2.12. The Hall–Kier alpha value is -1.52. The smallest absolute Gasteiger partial charge is 0.169 e. The molecule has 0 aliphatic carbocycles. The van der Waals surface area contributed by atoms with Gasteiger partial charge in [0, 0.05) is 11.6 Å². The minimum absolute atomic E-state index is 0.0349. The molecule has 0 radical (unpaired) electrons. The summed E-state index contributed by atoms with van der Waals surface area (Å²) in [6.45, 7) is 2.04. The molecule has 0 fully saturated rings. The van der Waals surface area contributed by atoms with E-state index in [1.54, 1.807) is 6.20 Å². The molecule has 0 aliphatic heterocycles. The zero-order valence-corrected chi connectivity index (χ0v) is 13.1. The van der Waals surface area contributed by atoms with Crippen LogP contribution in [0, 0.1) is 0 Å². The summed E-state index contributed by atoms with van der Waals surface area (Å²) in [7, 11) is 0. The van der Waals surface area contributed by atoms with Crippen LogP contribution in [-0.2, 0) is 0 Å². The van der Waals surface area contributed by atoms with Crippen molar-refractivity contribution < 1.29 is 4.42 Å². The summed E-state index contributed by atoms with van der Waals surface area (Å²) in [5.41, 5.74) is 1.79. The van der Waals surface area contributed by atoms with Gasteiger partial charge in [0.2, 0.25) is 0 Å². The van der Waals surface area contributed by atoms with Gasteiger partial charge in [0.05, 0.1) is 22.3 Å². The summed E-state index contributed by atoms with van der Waals surface area (Å²) in [6.07, 6.45) is 1.76. The van der Waals surface area contributed by atoms with Crippen LogP contribution in [0.5, 0.6) is 0 Å². The number of nitrogens with one attached hydrogen (secondary N) is 1. The van der Waals surface area contributed by atoms with Crippen LogP contribution in [0.25, 0.3) is 10.9 Å². The van der Waals surface area contributed by atoms with Crippen LogP contribution in [-0.4, -0.2) is 4.98 Å². The molecule has 0 saturated carbocycles. The third-order valence-electron chi connectivity index (χ3n) is 3.11. The lowest BCUT2D eigenvalue weighted by Crippen LogP contribution is -2.06. The third kappa shape index (κ3) is 2.53. The lowest BCUT2D eigenvalue weighted by Gasteiger charge is -2.15. The molecular weight excluding hydrogens is 340 g/mol. The first-order valence-electron chi connectivity index (χ1n) is 6.20. The van der Waals surface area contributed by atoms with Gasteiger partial charge < -0.3 is 9.73 Å². The Balaban J connectivity index is 1.97. The molecule has 0 amide bonds. The molecule has 0 saturated heterocycles. The number of benzene rings is 1. The average molecular weight is 352 g/mol. The Morgan fingerprint density at radius 1 is 1.25 bits per heavy atom. The third-order valence-corrected chi connectivity index (χ3v) is 3.87. The van der Waals surface area contributed by atoms with E-state index in [-0.39, 0.29) is 6.04 Å². The fourth-order valence-electron chi connectivity index (χ4n) is 2.12. The van der Waals surface area contributed by atoms with Crippen LogP contribution in [0.15, 0.2) is 51.7 Å². The first-order chi connectivity index (χ1) is 9.65. The summed E-state index contributed by atoms with van der Waals surface area (Å²) >= 11 is 9.50. The molecule has 3 nitrogen and oxygen atoms in total. The van der Waals surface area contributed by atoms with Crippen molar-refractivity contribution >= 4 is 44.1 Å². The molecule has 102 valence electrons. The number of fused-ring (bicyclic) bond motifs is 1. The maximum Gasteiger partial charge on any atom is 0.169 e. The SMILES string of the molecule is CC(Nc1ccc(Cl)c2cccnc12)c1ccc(Br)o1. The Morgan fingerprint density at radius 2 is 2.10 bits per heavy atom. The van der Waals surface area contributed by atoms with Crippen LogP contribution in [0.4, 0.5) is 5.69 Å². The van der Waals surface area contributed by atoms with Gasteiger partial charge in [0.25, 0.3) is 0 Å². The minimum atomic E-state index is 0.0349. The molecule has 2 aromatic heterocycles. The molecule has 2 heterocycles. The number of aromatic nitrogens is 1. The van der Waals surface area contributed by atoms with E-state index in [2.05, 4.69) is 26.2 Å². The minimum Gasteiger partial charge on any atom is -0.452 e. The summed E-state index contributed by atoms with van der Waals surface area (Å²) in [4.78, 5) is 4.41. The van der Waals surface area contributed by atoms with E-state index in [0.29, 0.717) is 5.02 Å². The lowest BCUT2D eigenvalue weighted by molar-refractivity contribution is 0.471. The molecular formula is C15H12BrClN2O. The summed E-state index contributed by atoms with van der Waals surface area (Å²) in [5, 5.41) is 5.04. The van der Waals surface area contributed by atoms with Crippen LogP contribution in [0.2, 0.25) is 5.02 Å². The fraction of sp³-hybridized carbons (Fsp3) is 0.133. The van der Waals surface area contributed by atoms with Gasteiger partial charge in [0.1, 0.15) is 5.76 Å². The predicted octanol–water partition coefficient (Wildman–Crippen LogP) is 5.42. The van der Waals surface area contributed by atoms with Crippen molar-refractivity contribution in [1.29, 1.82) is 0 Å². The molecule has 1 unspecified atom stereocenters. The Kier molecular flexibility index (Phi) is 3.68. The molecule has 1 N–H and O–H groups in total. The van der Waals surface area contributed by atoms with Gasteiger partial charge >= 0.3 is 0 Å². The molecule has 0 spiro atoms. The number of anilines is 1. The Bertz CT molecular complexity index is 756. The topological polar surface area (TPSA) is 38.1 Å². The van der Waals surface area contributed by atoms with E-state index < -0.39 is 0 Å². The molecule has 0 aliphatic rings. The number of rotatable bonds is 3. The van der Waals surface area contributed by atoms with Crippen molar-refractivity contribution in [2.24, 2.45) is 0 Å². The van der Waals surface area contributed by atoms with Gasteiger partial charge in [-0.3, -0.25) is 4.98 Å². The van der Waals surface area contributed by atoms with Crippen LogP contribution in [0.1, 0.15) is 18.7 Å². The normalized spacial score (nSPS) is 12.6. The molecule has 1 atom stereocenters. The molecule has 0 bridgehead atoms. The van der Waals surface area contributed by atoms with E-state index in [1.165, 1.54) is 0 Å². The van der Waals surface area contributed by atoms with Gasteiger partial charge in [-0.15, -0.1) is 0 Å². The zero-order chi connectivity index (χ0) is 14.1. The number of hydrogen-bond acceptors (Lipinski definition) is 3. The van der Waals surface area contributed by atoms with E-state index in [9.17, 15) is 0 Å². The molecule has 1 aromatic carbocycles. The highest BCUT2D eigenvalue weighted by molar-refractivity contribution is 9.10. The monoisotopic (exact) mass is 350 g/mol. The number of furan rings is 1. The van der Waals surface area contributed by atoms with Crippen LogP contribution < -0.4 is 5.32 Å². The van der Waals surface area contributed by atoms with E-state index in [1.807, 2.05) is 43.3 Å². The lowest BCUT2D eigenvalue weighted by atomic mass is 10.1. The first-order valence-corrected chi connectivity index (χ1v) is 7.37. The van der Waals surface area contributed by atoms with Gasteiger partial charge in [-0.05, 0) is 59.3 Å². The van der Waals surface area contributed by atoms with Crippen molar-refractivity contribution in [3.63, 3.8) is 0 Å². The first kappa shape index (κ1) is 13.5. The Morgan fingerprint density at radius 3 is 2.85 bits per heavy atom. The van der Waals surface area contributed by atoms with Crippen molar-refractivity contribution in [3.05, 3.63) is 58.0 Å². The fourth-order valence-corrected chi connectivity index (χ4v) is 2.65. The van der Waals surface area contributed by atoms with E-state index in [4.69, 9.17) is 16.0 Å². The summed E-state index contributed by atoms with van der Waals surface area (Å²) in [6, 6.07) is 11.5. The average Bonchev–Trinajstić information content (AvgIpc) is 2.89. The summed E-state index contributed by atoms with van der Waals surface area (Å²) in [5.74, 6) is 0.857. The second kappa shape index (κ2) is 5.46. The van der Waals surface area contributed by atoms with Crippen LogP contribution >= 0.6 is 27.5 Å². The zero-order valence-electron chi connectivity index (χ0n) is 10.7. The van der Waals surface area contributed by atoms with Gasteiger partial charge in [-0.1, -0.05) is 11.6 Å². The van der Waals surface area contributed by atoms with E-state index >= 15 is 0 Å². The maximum absolute atomic E-state index is 6.19. The quantitative estimate of drug-likeness (QED) is 0.685. The van der Waals surface area contributed by atoms with Crippen molar-refractivity contribution in [2.45, 2.75) is 13.0 Å². The number of hydrogen-bond donors (Lipinski definition) is 1. The number of pyridine rings is 1. The molecule has 3 rings (SSSR count). The summed E-state index contributed by atoms with van der Waals surface area (Å²) < 4.78 is 6.28. The predicted molar refractivity (Wildman–Crippen MR) is 85.2 cm³/mol. The second-order valence-electron chi connectivity index (χ2n) is 4.50.